The molecular weight excluding hydrogens is 397 g/mol. The normalized spacial score (nSPS) is 15.2. The van der Waals surface area contributed by atoms with Gasteiger partial charge in [0.25, 0.3) is 11.5 Å². The van der Waals surface area contributed by atoms with Crippen LogP contribution < -0.4 is 15.6 Å². The van der Waals surface area contributed by atoms with Crippen LogP contribution in [0.1, 0.15) is 24.2 Å². The van der Waals surface area contributed by atoms with Crippen LogP contribution in [0, 0.1) is 0 Å². The van der Waals surface area contributed by atoms with E-state index in [1.807, 2.05) is 0 Å². The minimum Gasteiger partial charge on any atom is -0.434 e. The van der Waals surface area contributed by atoms with E-state index in [-0.39, 0.29) is 38.9 Å². The van der Waals surface area contributed by atoms with Gasteiger partial charge in [-0.1, -0.05) is 23.2 Å². The lowest BCUT2D eigenvalue weighted by molar-refractivity contribution is -0.116. The Balaban J connectivity index is 1.96. The number of halogens is 2. The van der Waals surface area contributed by atoms with Gasteiger partial charge in [0.15, 0.2) is 11.5 Å². The summed E-state index contributed by atoms with van der Waals surface area (Å²) >= 11 is 12.5. The zero-order chi connectivity index (χ0) is 19.7. The van der Waals surface area contributed by atoms with Gasteiger partial charge in [-0.2, -0.15) is 5.10 Å². The minimum absolute atomic E-state index is 0.00506. The summed E-state index contributed by atoms with van der Waals surface area (Å²) in [5.74, 6) is -0.268. The van der Waals surface area contributed by atoms with E-state index in [2.05, 4.69) is 20.6 Å². The Morgan fingerprint density at radius 1 is 1.26 bits per heavy atom. The Labute approximate surface area is 163 Å². The fraction of sp³-hybridized carbons (Fsp3) is 0.250. The topological polar surface area (TPSA) is 120 Å². The quantitative estimate of drug-likeness (QED) is 0.703. The number of hydrogen-bond acceptors (Lipinski definition) is 7. The molecule has 0 bridgehead atoms. The summed E-state index contributed by atoms with van der Waals surface area (Å²) in [6, 6.07) is 4.26. The number of carbonyl (C=O) groups is 1. The average Bonchev–Trinajstić information content (AvgIpc) is 2.61. The van der Waals surface area contributed by atoms with Crippen LogP contribution >= 0.6 is 23.2 Å². The van der Waals surface area contributed by atoms with Gasteiger partial charge in [-0.25, -0.2) is 5.10 Å². The Hall–Kier alpha value is -2.62. The third-order valence-electron chi connectivity index (χ3n) is 3.69. The van der Waals surface area contributed by atoms with E-state index in [1.54, 1.807) is 12.1 Å². The Morgan fingerprint density at radius 2 is 1.93 bits per heavy atom. The number of hydrazone groups is 1. The second-order valence-electron chi connectivity index (χ2n) is 5.81. The smallest absolute Gasteiger partial charge is 0.273 e. The van der Waals surface area contributed by atoms with E-state index in [4.69, 9.17) is 27.9 Å². The van der Waals surface area contributed by atoms with Gasteiger partial charge >= 0.3 is 0 Å². The molecule has 142 valence electrons. The van der Waals surface area contributed by atoms with Crippen LogP contribution in [0.5, 0.6) is 11.6 Å². The summed E-state index contributed by atoms with van der Waals surface area (Å²) in [6.45, 7) is 1.74. The van der Waals surface area contributed by atoms with Gasteiger partial charge in [0.05, 0.1) is 21.7 Å². The van der Waals surface area contributed by atoms with E-state index < -0.39 is 11.7 Å². The molecule has 1 amide bonds. The van der Waals surface area contributed by atoms with Crippen molar-refractivity contribution in [1.29, 1.82) is 0 Å². The molecule has 9 nitrogen and oxygen atoms in total. The molecule has 11 heteroatoms. The molecule has 3 rings (SSSR count). The first-order chi connectivity index (χ1) is 12.8. The van der Waals surface area contributed by atoms with Crippen molar-refractivity contribution in [3.8, 4) is 11.6 Å². The predicted octanol–water partition coefficient (Wildman–Crippen LogP) is 1.65. The van der Waals surface area contributed by atoms with Crippen molar-refractivity contribution in [3.63, 3.8) is 0 Å². The van der Waals surface area contributed by atoms with Crippen LogP contribution in [-0.4, -0.2) is 45.6 Å². The number of aliphatic hydroxyl groups excluding tert-OH is 1. The number of H-pyrrole nitrogens is 1. The Kier molecular flexibility index (Phi) is 5.36. The summed E-state index contributed by atoms with van der Waals surface area (Å²) in [7, 11) is 1.71. The molecule has 1 aromatic heterocycles. The maximum atomic E-state index is 12.0. The summed E-state index contributed by atoms with van der Waals surface area (Å²) in [5.41, 5.74) is 0.133. The van der Waals surface area contributed by atoms with Crippen LogP contribution in [-0.2, 0) is 4.79 Å². The molecule has 0 radical (unpaired) electrons. The molecule has 1 aromatic carbocycles. The highest BCUT2D eigenvalue weighted by Crippen LogP contribution is 2.37. The number of nitrogens with zero attached hydrogens (tertiary/aromatic N) is 3. The fourth-order valence-corrected chi connectivity index (χ4v) is 2.94. The molecule has 2 heterocycles. The molecule has 27 heavy (non-hydrogen) atoms. The first kappa shape index (κ1) is 19.2. The third kappa shape index (κ3) is 4.05. The van der Waals surface area contributed by atoms with Crippen molar-refractivity contribution >= 4 is 34.8 Å². The van der Waals surface area contributed by atoms with Crippen molar-refractivity contribution in [2.24, 2.45) is 5.10 Å². The molecule has 0 saturated heterocycles. The molecule has 1 aliphatic heterocycles. The maximum Gasteiger partial charge on any atom is 0.273 e. The van der Waals surface area contributed by atoms with E-state index in [0.29, 0.717) is 12.2 Å². The second kappa shape index (κ2) is 7.55. The standard InChI is InChI=1S/C16H15Cl2N5O4/c1-7(24)9-5-12(20-21-15(9)25)27-14-10(17)3-8(4-11(14)18)13-16(26)19-6-23(2)22-13/h3-5,7,24H,6H2,1-2H3,(H,19,26)(H,21,25)/t7-/m1/s1. The molecule has 0 unspecified atom stereocenters. The number of benzene rings is 1. The molecule has 2 aromatic rings. The number of carbonyl (C=O) groups excluding carboxylic acids is 1. The lowest BCUT2D eigenvalue weighted by Gasteiger charge is -2.22. The lowest BCUT2D eigenvalue weighted by atomic mass is 10.1. The van der Waals surface area contributed by atoms with Gasteiger partial charge in [0, 0.05) is 18.7 Å². The van der Waals surface area contributed by atoms with Crippen LogP contribution in [0.3, 0.4) is 0 Å². The Bertz CT molecular complexity index is 966. The molecule has 0 saturated carbocycles. The molecule has 3 N–H and O–H groups in total. The zero-order valence-corrected chi connectivity index (χ0v) is 15.8. The average molecular weight is 412 g/mol. The van der Waals surface area contributed by atoms with E-state index in [0.717, 1.165) is 0 Å². The number of hydrogen-bond donors (Lipinski definition) is 3. The van der Waals surface area contributed by atoms with Crippen LogP contribution in [0.25, 0.3) is 0 Å². The van der Waals surface area contributed by atoms with Crippen molar-refractivity contribution in [3.05, 3.63) is 49.7 Å². The SMILES string of the molecule is C[C@@H](O)c1cc(Oc2c(Cl)cc(C3=NN(C)CNC3=O)cc2Cl)n[nH]c1=O. The van der Waals surface area contributed by atoms with Crippen molar-refractivity contribution in [2.45, 2.75) is 13.0 Å². The number of amides is 1. The van der Waals surface area contributed by atoms with E-state index in [9.17, 15) is 14.7 Å². The highest BCUT2D eigenvalue weighted by atomic mass is 35.5. The summed E-state index contributed by atoms with van der Waals surface area (Å²) < 4.78 is 5.57. The first-order valence-electron chi connectivity index (χ1n) is 7.79. The van der Waals surface area contributed by atoms with E-state index >= 15 is 0 Å². The number of nitrogens with one attached hydrogen (secondary N) is 2. The minimum atomic E-state index is -1.01. The van der Waals surface area contributed by atoms with Gasteiger partial charge in [-0.3, -0.25) is 14.6 Å². The van der Waals surface area contributed by atoms with Crippen LogP contribution in [0.2, 0.25) is 10.0 Å². The van der Waals surface area contributed by atoms with Gasteiger partial charge in [-0.15, -0.1) is 5.10 Å². The number of aliphatic hydroxyl groups is 1. The summed E-state index contributed by atoms with van der Waals surface area (Å²) in [4.78, 5) is 23.7. The van der Waals surface area contributed by atoms with Gasteiger partial charge < -0.3 is 15.2 Å². The van der Waals surface area contributed by atoms with Crippen molar-refractivity contribution in [2.75, 3.05) is 13.7 Å². The molecule has 0 aliphatic carbocycles. The molecule has 1 atom stereocenters. The first-order valence-corrected chi connectivity index (χ1v) is 8.54. The fourth-order valence-electron chi connectivity index (χ4n) is 2.37. The summed E-state index contributed by atoms with van der Waals surface area (Å²) in [5, 5.41) is 24.2. The number of aromatic nitrogens is 2. The van der Waals surface area contributed by atoms with E-state index in [1.165, 1.54) is 25.1 Å². The predicted molar refractivity (Wildman–Crippen MR) is 99.3 cm³/mol. The monoisotopic (exact) mass is 411 g/mol. The third-order valence-corrected chi connectivity index (χ3v) is 4.25. The largest absolute Gasteiger partial charge is 0.434 e. The highest BCUT2D eigenvalue weighted by Gasteiger charge is 2.22. The van der Waals surface area contributed by atoms with Gasteiger partial charge in [0.1, 0.15) is 6.67 Å². The Morgan fingerprint density at radius 3 is 2.56 bits per heavy atom. The van der Waals surface area contributed by atoms with Gasteiger partial charge in [0.2, 0.25) is 5.88 Å². The van der Waals surface area contributed by atoms with Crippen LogP contribution in [0.15, 0.2) is 28.1 Å². The van der Waals surface area contributed by atoms with Crippen LogP contribution in [0.4, 0.5) is 0 Å². The number of aromatic amines is 1. The summed E-state index contributed by atoms with van der Waals surface area (Å²) in [6.07, 6.45) is -1.01. The van der Waals surface area contributed by atoms with Crippen molar-refractivity contribution < 1.29 is 14.6 Å². The highest BCUT2D eigenvalue weighted by molar-refractivity contribution is 6.47. The zero-order valence-electron chi connectivity index (χ0n) is 14.3. The number of ether oxygens (including phenoxy) is 1. The second-order valence-corrected chi connectivity index (χ2v) is 6.62. The molecule has 0 fully saturated rings. The number of rotatable bonds is 4. The molecular formula is C16H15Cl2N5O4. The lowest BCUT2D eigenvalue weighted by Crippen LogP contribution is -2.43. The molecule has 0 spiro atoms. The molecule has 1 aliphatic rings. The van der Waals surface area contributed by atoms with Crippen molar-refractivity contribution in [1.82, 2.24) is 20.5 Å². The maximum absolute atomic E-state index is 12.0. The van der Waals surface area contributed by atoms with Gasteiger partial charge in [-0.05, 0) is 19.1 Å².